The molecule has 2 aliphatic heterocycles. The first-order valence-corrected chi connectivity index (χ1v) is 5.70. The number of urea groups is 1. The van der Waals surface area contributed by atoms with E-state index in [4.69, 9.17) is 9.84 Å². The normalized spacial score (nSPS) is 26.8. The van der Waals surface area contributed by atoms with Gasteiger partial charge in [0, 0.05) is 6.54 Å². The van der Waals surface area contributed by atoms with E-state index in [1.54, 1.807) is 13.0 Å². The molecule has 0 aromatic rings. The Balaban J connectivity index is 2.13. The van der Waals surface area contributed by atoms with E-state index in [9.17, 15) is 14.4 Å². The quantitative estimate of drug-likeness (QED) is 0.587. The van der Waals surface area contributed by atoms with Gasteiger partial charge in [0.05, 0.1) is 12.3 Å². The van der Waals surface area contributed by atoms with Crippen molar-refractivity contribution in [2.45, 2.75) is 31.8 Å². The molecule has 0 radical (unpaired) electrons. The first-order valence-electron chi connectivity index (χ1n) is 5.70. The summed E-state index contributed by atoms with van der Waals surface area (Å²) in [4.78, 5) is 36.6. The number of carboxylic acid groups (broad SMARTS) is 1. The number of fused-ring (bicyclic) bond motifs is 2. The van der Waals surface area contributed by atoms with Crippen LogP contribution in [0.4, 0.5) is 9.59 Å². The number of nitrogens with zero attached hydrogens (tertiary/aromatic N) is 2. The Kier molecular flexibility index (Phi) is 3.22. The molecule has 0 aromatic heterocycles. The van der Waals surface area contributed by atoms with E-state index in [1.165, 1.54) is 11.2 Å². The number of hydrogen-bond acceptors (Lipinski definition) is 4. The van der Waals surface area contributed by atoms with Gasteiger partial charge in [-0.2, -0.15) is 0 Å². The number of carbonyl (C=O) groups excluding carboxylic acids is 2. The molecule has 0 saturated carbocycles. The van der Waals surface area contributed by atoms with E-state index < -0.39 is 24.1 Å². The molecule has 0 aliphatic carbocycles. The van der Waals surface area contributed by atoms with Crippen LogP contribution in [0.15, 0.2) is 12.3 Å². The Morgan fingerprint density at radius 3 is 2.78 bits per heavy atom. The smallest absolute Gasteiger partial charge is 0.415 e. The van der Waals surface area contributed by atoms with Crippen molar-refractivity contribution in [2.24, 2.45) is 0 Å². The summed E-state index contributed by atoms with van der Waals surface area (Å²) in [7, 11) is 0. The first-order chi connectivity index (χ1) is 8.56. The van der Waals surface area contributed by atoms with Crippen molar-refractivity contribution in [3.05, 3.63) is 12.3 Å². The van der Waals surface area contributed by atoms with Crippen LogP contribution >= 0.6 is 0 Å². The SMILES string of the molecule is CC=COC(=O)C1CCC2CN1C(=O)N2C(=O)O. The monoisotopic (exact) mass is 254 g/mol. The van der Waals surface area contributed by atoms with Gasteiger partial charge in [0.15, 0.2) is 0 Å². The van der Waals surface area contributed by atoms with Gasteiger partial charge in [-0.25, -0.2) is 19.3 Å². The highest BCUT2D eigenvalue weighted by atomic mass is 16.5. The molecule has 1 N–H and O–H groups in total. The number of amides is 3. The average Bonchev–Trinajstić information content (AvgIpc) is 2.59. The van der Waals surface area contributed by atoms with Gasteiger partial charge in [-0.15, -0.1) is 0 Å². The van der Waals surface area contributed by atoms with Gasteiger partial charge in [0.1, 0.15) is 6.04 Å². The van der Waals surface area contributed by atoms with Crippen molar-refractivity contribution in [2.75, 3.05) is 6.54 Å². The van der Waals surface area contributed by atoms with Crippen LogP contribution < -0.4 is 0 Å². The van der Waals surface area contributed by atoms with Crippen LogP contribution in [0.25, 0.3) is 0 Å². The third kappa shape index (κ3) is 1.92. The molecule has 18 heavy (non-hydrogen) atoms. The van der Waals surface area contributed by atoms with Crippen LogP contribution in [-0.2, 0) is 9.53 Å². The second kappa shape index (κ2) is 4.67. The predicted molar refractivity (Wildman–Crippen MR) is 59.7 cm³/mol. The van der Waals surface area contributed by atoms with Crippen LogP contribution in [-0.4, -0.2) is 51.6 Å². The second-order valence-electron chi connectivity index (χ2n) is 4.24. The molecule has 2 atom stereocenters. The summed E-state index contributed by atoms with van der Waals surface area (Å²) in [5, 5.41) is 8.95. The molecule has 2 unspecified atom stereocenters. The van der Waals surface area contributed by atoms with Gasteiger partial charge >= 0.3 is 18.1 Å². The first kappa shape index (κ1) is 12.4. The fourth-order valence-electron chi connectivity index (χ4n) is 2.37. The number of allylic oxidation sites excluding steroid dienone is 1. The van der Waals surface area contributed by atoms with Gasteiger partial charge in [-0.1, -0.05) is 6.08 Å². The van der Waals surface area contributed by atoms with E-state index in [-0.39, 0.29) is 12.6 Å². The Bertz CT molecular complexity index is 420. The molecule has 98 valence electrons. The molecule has 7 heteroatoms. The third-order valence-corrected chi connectivity index (χ3v) is 3.17. The zero-order chi connectivity index (χ0) is 13.3. The zero-order valence-corrected chi connectivity index (χ0v) is 9.91. The lowest BCUT2D eigenvalue weighted by Crippen LogP contribution is -2.45. The van der Waals surface area contributed by atoms with Gasteiger partial charge in [0.2, 0.25) is 0 Å². The standard InChI is InChI=1S/C11H14N2O5/c1-2-5-18-9(14)8-4-3-7-6-12(8)10(15)13(7)11(16)17/h2,5,7-8H,3-4,6H2,1H3,(H,16,17). The molecular formula is C11H14N2O5. The molecule has 2 rings (SSSR count). The van der Waals surface area contributed by atoms with E-state index in [1.807, 2.05) is 0 Å². The van der Waals surface area contributed by atoms with Gasteiger partial charge in [0.25, 0.3) is 0 Å². The minimum absolute atomic E-state index is 0.265. The third-order valence-electron chi connectivity index (χ3n) is 3.17. The second-order valence-corrected chi connectivity index (χ2v) is 4.24. The lowest BCUT2D eigenvalue weighted by molar-refractivity contribution is -0.143. The number of esters is 1. The number of ether oxygens (including phenoxy) is 1. The molecule has 2 saturated heterocycles. The predicted octanol–water partition coefficient (Wildman–Crippen LogP) is 1.01. The minimum atomic E-state index is -1.27. The lowest BCUT2D eigenvalue weighted by atomic mass is 10.0. The number of imide groups is 1. The Labute approximate surface area is 104 Å². The van der Waals surface area contributed by atoms with Gasteiger partial charge in [-0.05, 0) is 19.8 Å². The molecule has 2 aliphatic rings. The van der Waals surface area contributed by atoms with E-state index in [2.05, 4.69) is 0 Å². The van der Waals surface area contributed by atoms with Crippen molar-refractivity contribution in [3.63, 3.8) is 0 Å². The van der Waals surface area contributed by atoms with E-state index in [0.717, 1.165) is 4.90 Å². The van der Waals surface area contributed by atoms with Crippen molar-refractivity contribution in [1.82, 2.24) is 9.80 Å². The Hall–Kier alpha value is -2.05. The summed E-state index contributed by atoms with van der Waals surface area (Å²) in [6, 6.07) is -1.66. The van der Waals surface area contributed by atoms with E-state index in [0.29, 0.717) is 12.8 Å². The maximum atomic E-state index is 11.9. The maximum Gasteiger partial charge on any atom is 0.415 e. The lowest BCUT2D eigenvalue weighted by Gasteiger charge is -2.28. The molecule has 0 spiro atoms. The molecule has 3 amide bonds. The van der Waals surface area contributed by atoms with Crippen molar-refractivity contribution in [3.8, 4) is 0 Å². The minimum Gasteiger partial charge on any atom is -0.465 e. The maximum absolute atomic E-state index is 11.9. The molecule has 2 heterocycles. The number of piperidine rings is 1. The average molecular weight is 254 g/mol. The van der Waals surface area contributed by atoms with E-state index >= 15 is 0 Å². The molecule has 0 aromatic carbocycles. The fourth-order valence-corrected chi connectivity index (χ4v) is 2.37. The summed E-state index contributed by atoms with van der Waals surface area (Å²) in [6.07, 6.45) is 2.47. The zero-order valence-electron chi connectivity index (χ0n) is 9.91. The van der Waals surface area contributed by atoms with Crippen LogP contribution in [0.1, 0.15) is 19.8 Å². The highest BCUT2D eigenvalue weighted by Crippen LogP contribution is 2.30. The molecular weight excluding hydrogens is 240 g/mol. The van der Waals surface area contributed by atoms with Crippen LogP contribution in [0.5, 0.6) is 0 Å². The summed E-state index contributed by atoms with van der Waals surface area (Å²) in [6.45, 7) is 1.97. The Morgan fingerprint density at radius 2 is 2.17 bits per heavy atom. The summed E-state index contributed by atoms with van der Waals surface area (Å²) in [5.41, 5.74) is 0. The summed E-state index contributed by atoms with van der Waals surface area (Å²) < 4.78 is 4.85. The molecule has 2 bridgehead atoms. The van der Waals surface area contributed by atoms with Crippen LogP contribution in [0.3, 0.4) is 0 Å². The van der Waals surface area contributed by atoms with Crippen LogP contribution in [0, 0.1) is 0 Å². The topological polar surface area (TPSA) is 87.2 Å². The van der Waals surface area contributed by atoms with Crippen molar-refractivity contribution in [1.29, 1.82) is 0 Å². The summed E-state index contributed by atoms with van der Waals surface area (Å²) >= 11 is 0. The van der Waals surface area contributed by atoms with Gasteiger partial charge < -0.3 is 14.7 Å². The van der Waals surface area contributed by atoms with Crippen LogP contribution in [0.2, 0.25) is 0 Å². The molecule has 2 fully saturated rings. The largest absolute Gasteiger partial charge is 0.465 e. The molecule has 7 nitrogen and oxygen atoms in total. The van der Waals surface area contributed by atoms with Crippen molar-refractivity contribution < 1.29 is 24.2 Å². The number of carbonyl (C=O) groups is 3. The number of rotatable bonds is 2. The number of hydrogen-bond donors (Lipinski definition) is 1. The van der Waals surface area contributed by atoms with Crippen molar-refractivity contribution >= 4 is 18.1 Å². The van der Waals surface area contributed by atoms with Gasteiger partial charge in [-0.3, -0.25) is 0 Å². The highest BCUT2D eigenvalue weighted by Gasteiger charge is 2.49. The Morgan fingerprint density at radius 1 is 1.44 bits per heavy atom. The fraction of sp³-hybridized carbons (Fsp3) is 0.545. The summed E-state index contributed by atoms with van der Waals surface area (Å²) in [5.74, 6) is -0.521. The highest BCUT2D eigenvalue weighted by molar-refractivity contribution is 5.95.